The Balaban J connectivity index is 1.55. The van der Waals surface area contributed by atoms with E-state index in [4.69, 9.17) is 32.4 Å². The zero-order valence-electron chi connectivity index (χ0n) is 13.9. The van der Waals surface area contributed by atoms with Gasteiger partial charge < -0.3 is 14.1 Å². The summed E-state index contributed by atoms with van der Waals surface area (Å²) in [4.78, 5) is 19.6. The van der Waals surface area contributed by atoms with E-state index in [2.05, 4.69) is 20.2 Å². The fourth-order valence-corrected chi connectivity index (χ4v) is 3.07. The Kier molecular flexibility index (Phi) is 4.55. The lowest BCUT2D eigenvalue weighted by molar-refractivity contribution is 0.0282. The van der Waals surface area contributed by atoms with Crippen molar-refractivity contribution in [2.24, 2.45) is 0 Å². The molecule has 0 saturated heterocycles. The van der Waals surface area contributed by atoms with Gasteiger partial charge >= 0.3 is 5.97 Å². The first-order valence-electron chi connectivity index (χ1n) is 7.95. The number of nitrogens with zero attached hydrogens (tertiary/aromatic N) is 3. The van der Waals surface area contributed by atoms with Gasteiger partial charge in [0.2, 0.25) is 5.89 Å². The SMILES string of the molecule is CC(OC(=O)c1ccnc2[nH]ccc12)c1nnc(-c2ccc(Cl)cc2Cl)o1. The van der Waals surface area contributed by atoms with Crippen molar-refractivity contribution in [3.8, 4) is 11.5 Å². The number of halogens is 2. The van der Waals surface area contributed by atoms with Gasteiger partial charge in [0.05, 0.1) is 16.1 Å². The number of pyridine rings is 1. The summed E-state index contributed by atoms with van der Waals surface area (Å²) < 4.78 is 11.1. The number of benzene rings is 1. The zero-order chi connectivity index (χ0) is 19.0. The number of ether oxygens (including phenoxy) is 1. The molecular formula is C18H12Cl2N4O3. The van der Waals surface area contributed by atoms with Crippen molar-refractivity contribution in [2.45, 2.75) is 13.0 Å². The normalized spacial score (nSPS) is 12.3. The molecule has 1 atom stereocenters. The summed E-state index contributed by atoms with van der Waals surface area (Å²) in [6.45, 7) is 1.65. The lowest BCUT2D eigenvalue weighted by atomic mass is 10.2. The number of nitrogens with one attached hydrogen (secondary N) is 1. The van der Waals surface area contributed by atoms with E-state index in [0.717, 1.165) is 0 Å². The fourth-order valence-electron chi connectivity index (χ4n) is 2.58. The molecule has 0 aliphatic heterocycles. The highest BCUT2D eigenvalue weighted by Gasteiger charge is 2.22. The number of carbonyl (C=O) groups excluding carboxylic acids is 1. The van der Waals surface area contributed by atoms with Gasteiger partial charge in [-0.1, -0.05) is 23.2 Å². The maximum atomic E-state index is 12.5. The first-order valence-corrected chi connectivity index (χ1v) is 8.70. The average molecular weight is 403 g/mol. The summed E-state index contributed by atoms with van der Waals surface area (Å²) in [5.41, 5.74) is 1.55. The maximum Gasteiger partial charge on any atom is 0.339 e. The lowest BCUT2D eigenvalue weighted by Gasteiger charge is -2.09. The van der Waals surface area contributed by atoms with Crippen LogP contribution in [0.2, 0.25) is 10.0 Å². The number of rotatable bonds is 4. The van der Waals surface area contributed by atoms with Crippen LogP contribution in [0.25, 0.3) is 22.5 Å². The number of hydrogen-bond acceptors (Lipinski definition) is 6. The molecule has 4 rings (SSSR count). The molecule has 0 spiro atoms. The molecule has 9 heteroatoms. The Hall–Kier alpha value is -2.90. The van der Waals surface area contributed by atoms with Gasteiger partial charge in [0.1, 0.15) is 5.65 Å². The highest BCUT2D eigenvalue weighted by atomic mass is 35.5. The molecule has 3 aromatic heterocycles. The number of esters is 1. The Morgan fingerprint density at radius 3 is 2.89 bits per heavy atom. The summed E-state index contributed by atoms with van der Waals surface area (Å²) in [6, 6.07) is 8.28. The number of carbonyl (C=O) groups is 1. The molecular weight excluding hydrogens is 391 g/mol. The van der Waals surface area contributed by atoms with E-state index in [-0.39, 0.29) is 11.8 Å². The molecule has 1 N–H and O–H groups in total. The first kappa shape index (κ1) is 17.5. The standard InChI is InChI=1S/C18H12Cl2N4O3/c1-9(26-18(25)12-5-7-22-15-11(12)4-6-21-15)16-23-24-17(27-16)13-3-2-10(19)8-14(13)20/h2-9H,1H3,(H,21,22). The molecule has 1 unspecified atom stereocenters. The molecule has 4 aromatic rings. The number of aromatic nitrogens is 4. The van der Waals surface area contributed by atoms with Gasteiger partial charge in [-0.25, -0.2) is 9.78 Å². The van der Waals surface area contributed by atoms with Crippen LogP contribution in [-0.2, 0) is 4.74 Å². The van der Waals surface area contributed by atoms with Crippen LogP contribution < -0.4 is 0 Å². The van der Waals surface area contributed by atoms with Crippen LogP contribution in [-0.4, -0.2) is 26.1 Å². The third-order valence-corrected chi connectivity index (χ3v) is 4.46. The second-order valence-corrected chi connectivity index (χ2v) is 6.56. The van der Waals surface area contributed by atoms with Crippen LogP contribution in [0.1, 0.15) is 29.3 Å². The van der Waals surface area contributed by atoms with E-state index in [9.17, 15) is 4.79 Å². The molecule has 136 valence electrons. The maximum absolute atomic E-state index is 12.5. The van der Waals surface area contributed by atoms with Gasteiger partial charge in [-0.05, 0) is 37.3 Å². The molecule has 0 bridgehead atoms. The first-order chi connectivity index (χ1) is 13.0. The molecule has 27 heavy (non-hydrogen) atoms. The smallest absolute Gasteiger partial charge is 0.339 e. The van der Waals surface area contributed by atoms with Crippen LogP contribution in [0.3, 0.4) is 0 Å². The number of H-pyrrole nitrogens is 1. The van der Waals surface area contributed by atoms with Gasteiger partial charge in [0.25, 0.3) is 5.89 Å². The summed E-state index contributed by atoms with van der Waals surface area (Å²) in [5, 5.41) is 9.48. The summed E-state index contributed by atoms with van der Waals surface area (Å²) in [7, 11) is 0. The summed E-state index contributed by atoms with van der Waals surface area (Å²) in [5.74, 6) is -0.144. The van der Waals surface area contributed by atoms with Crippen molar-refractivity contribution in [3.63, 3.8) is 0 Å². The van der Waals surface area contributed by atoms with Crippen molar-refractivity contribution in [1.82, 2.24) is 20.2 Å². The van der Waals surface area contributed by atoms with E-state index in [0.29, 0.717) is 32.2 Å². The second-order valence-electron chi connectivity index (χ2n) is 5.72. The average Bonchev–Trinajstić information content (AvgIpc) is 3.30. The Bertz CT molecular complexity index is 1140. The van der Waals surface area contributed by atoms with Crippen LogP contribution >= 0.6 is 23.2 Å². The van der Waals surface area contributed by atoms with Crippen molar-refractivity contribution < 1.29 is 13.9 Å². The molecule has 0 amide bonds. The quantitative estimate of drug-likeness (QED) is 0.490. The minimum atomic E-state index is -0.744. The van der Waals surface area contributed by atoms with E-state index in [1.807, 2.05) is 0 Å². The van der Waals surface area contributed by atoms with Gasteiger partial charge in [-0.15, -0.1) is 10.2 Å². The highest BCUT2D eigenvalue weighted by molar-refractivity contribution is 6.36. The lowest BCUT2D eigenvalue weighted by Crippen LogP contribution is -2.10. The van der Waals surface area contributed by atoms with Crippen molar-refractivity contribution >= 4 is 40.2 Å². The molecule has 7 nitrogen and oxygen atoms in total. The van der Waals surface area contributed by atoms with Gasteiger partial charge in [-0.3, -0.25) is 0 Å². The Labute approximate surface area is 163 Å². The van der Waals surface area contributed by atoms with Gasteiger partial charge in [-0.2, -0.15) is 0 Å². The third-order valence-electron chi connectivity index (χ3n) is 3.91. The van der Waals surface area contributed by atoms with Crippen LogP contribution in [0.4, 0.5) is 0 Å². The van der Waals surface area contributed by atoms with Crippen molar-refractivity contribution in [3.05, 3.63) is 64.2 Å². The van der Waals surface area contributed by atoms with Crippen molar-refractivity contribution in [1.29, 1.82) is 0 Å². The third kappa shape index (κ3) is 3.39. The second kappa shape index (κ2) is 7.02. The molecule has 0 saturated carbocycles. The van der Waals surface area contributed by atoms with Gasteiger partial charge in [0.15, 0.2) is 6.10 Å². The van der Waals surface area contributed by atoms with Crippen LogP contribution in [0.5, 0.6) is 0 Å². The van der Waals surface area contributed by atoms with E-state index >= 15 is 0 Å². The summed E-state index contributed by atoms with van der Waals surface area (Å²) >= 11 is 12.0. The molecule has 0 fully saturated rings. The Morgan fingerprint density at radius 1 is 1.22 bits per heavy atom. The number of hydrogen-bond donors (Lipinski definition) is 1. The van der Waals surface area contributed by atoms with Gasteiger partial charge in [0, 0.05) is 22.8 Å². The number of aromatic amines is 1. The minimum absolute atomic E-state index is 0.156. The Morgan fingerprint density at radius 2 is 2.07 bits per heavy atom. The molecule has 3 heterocycles. The number of fused-ring (bicyclic) bond motifs is 1. The minimum Gasteiger partial charge on any atom is -0.449 e. The predicted octanol–water partition coefficient (Wildman–Crippen LogP) is 4.84. The largest absolute Gasteiger partial charge is 0.449 e. The van der Waals surface area contributed by atoms with E-state index in [1.165, 1.54) is 6.20 Å². The zero-order valence-corrected chi connectivity index (χ0v) is 15.5. The molecule has 0 aliphatic carbocycles. The fraction of sp³-hybridized carbons (Fsp3) is 0.111. The van der Waals surface area contributed by atoms with Crippen LogP contribution in [0, 0.1) is 0 Å². The highest BCUT2D eigenvalue weighted by Crippen LogP contribution is 2.31. The van der Waals surface area contributed by atoms with E-state index in [1.54, 1.807) is 43.5 Å². The van der Waals surface area contributed by atoms with Crippen molar-refractivity contribution in [2.75, 3.05) is 0 Å². The molecule has 0 aliphatic rings. The van der Waals surface area contributed by atoms with Crippen LogP contribution in [0.15, 0.2) is 47.1 Å². The molecule has 1 aromatic carbocycles. The molecule has 0 radical (unpaired) electrons. The topological polar surface area (TPSA) is 93.9 Å². The monoisotopic (exact) mass is 402 g/mol. The van der Waals surface area contributed by atoms with E-state index < -0.39 is 12.1 Å². The summed E-state index contributed by atoms with van der Waals surface area (Å²) in [6.07, 6.45) is 2.50. The predicted molar refractivity (Wildman–Crippen MR) is 99.7 cm³/mol.